The number of aryl methyl sites for hydroxylation is 1. The van der Waals surface area contributed by atoms with E-state index in [4.69, 9.17) is 14.2 Å². The van der Waals surface area contributed by atoms with Crippen LogP contribution in [0.1, 0.15) is 43.5 Å². The second-order valence-electron chi connectivity index (χ2n) is 8.62. The third-order valence-electron chi connectivity index (χ3n) is 6.16. The number of aromatic nitrogens is 1. The van der Waals surface area contributed by atoms with Crippen molar-refractivity contribution in [2.45, 2.75) is 44.6 Å². The fourth-order valence-corrected chi connectivity index (χ4v) is 6.62. The Labute approximate surface area is 225 Å². The van der Waals surface area contributed by atoms with E-state index in [0.29, 0.717) is 42.6 Å². The molecule has 0 fully saturated rings. The summed E-state index contributed by atoms with van der Waals surface area (Å²) in [5.41, 5.74) is 1.01. The lowest BCUT2D eigenvalue weighted by atomic mass is 10.2. The van der Waals surface area contributed by atoms with E-state index >= 15 is 0 Å². The molecule has 0 spiro atoms. The van der Waals surface area contributed by atoms with Crippen LogP contribution in [-0.4, -0.2) is 62.6 Å². The number of carbonyl (C=O) groups is 2. The molecular weight excluding hydrogens is 530 g/mol. The number of esters is 1. The average molecular weight is 562 g/mol. The van der Waals surface area contributed by atoms with E-state index in [2.05, 4.69) is 4.99 Å². The van der Waals surface area contributed by atoms with Crippen LogP contribution in [-0.2, 0) is 26.1 Å². The van der Waals surface area contributed by atoms with Gasteiger partial charge in [0.1, 0.15) is 13.2 Å². The number of carbonyl (C=O) groups excluding carboxylic acids is 2. The number of benzene rings is 2. The van der Waals surface area contributed by atoms with Gasteiger partial charge < -0.3 is 18.8 Å². The van der Waals surface area contributed by atoms with Gasteiger partial charge in [-0.2, -0.15) is 9.30 Å². The maximum atomic E-state index is 13.1. The Kier molecular flexibility index (Phi) is 8.85. The van der Waals surface area contributed by atoms with Crippen LogP contribution in [0.5, 0.6) is 11.5 Å². The van der Waals surface area contributed by atoms with Crippen LogP contribution in [0.3, 0.4) is 0 Å². The molecule has 0 radical (unpaired) electrons. The molecule has 1 aliphatic heterocycles. The van der Waals surface area contributed by atoms with Gasteiger partial charge in [0, 0.05) is 37.3 Å². The Morgan fingerprint density at radius 1 is 1.11 bits per heavy atom. The van der Waals surface area contributed by atoms with E-state index in [9.17, 15) is 18.0 Å². The molecule has 0 bridgehead atoms. The highest BCUT2D eigenvalue weighted by molar-refractivity contribution is 7.89. The molecule has 2 heterocycles. The first-order valence-electron chi connectivity index (χ1n) is 12.5. The maximum absolute atomic E-state index is 13.1. The quantitative estimate of drug-likeness (QED) is 0.347. The van der Waals surface area contributed by atoms with E-state index < -0.39 is 15.9 Å². The van der Waals surface area contributed by atoms with Gasteiger partial charge in [0.15, 0.2) is 16.3 Å². The topological polar surface area (TPSA) is 117 Å². The minimum absolute atomic E-state index is 0.0939. The summed E-state index contributed by atoms with van der Waals surface area (Å²) in [5, 5.41) is 0. The van der Waals surface area contributed by atoms with Gasteiger partial charge in [-0.25, -0.2) is 8.42 Å². The molecule has 38 heavy (non-hydrogen) atoms. The van der Waals surface area contributed by atoms with Gasteiger partial charge in [-0.1, -0.05) is 31.6 Å². The Balaban J connectivity index is 1.68. The maximum Gasteiger partial charge on any atom is 0.307 e. The van der Waals surface area contributed by atoms with Crippen molar-refractivity contribution in [3.63, 3.8) is 0 Å². The molecule has 0 atom stereocenters. The summed E-state index contributed by atoms with van der Waals surface area (Å²) in [6.45, 7) is 5.76. The zero-order chi connectivity index (χ0) is 27.3. The summed E-state index contributed by atoms with van der Waals surface area (Å²) in [4.78, 5) is 29.8. The van der Waals surface area contributed by atoms with Crippen LogP contribution >= 0.6 is 11.3 Å². The predicted octanol–water partition coefficient (Wildman–Crippen LogP) is 3.59. The third-order valence-corrected chi connectivity index (χ3v) is 9.19. The van der Waals surface area contributed by atoms with Gasteiger partial charge in [-0.3, -0.25) is 9.59 Å². The minimum atomic E-state index is -3.65. The summed E-state index contributed by atoms with van der Waals surface area (Å²) >= 11 is 1.29. The Bertz CT molecular complexity index is 1490. The summed E-state index contributed by atoms with van der Waals surface area (Å²) < 4.78 is 46.2. The molecule has 204 valence electrons. The molecule has 0 N–H and O–H groups in total. The number of rotatable bonds is 10. The molecule has 1 aromatic heterocycles. The van der Waals surface area contributed by atoms with E-state index in [1.807, 2.05) is 19.1 Å². The molecule has 2 aromatic carbocycles. The molecule has 0 saturated heterocycles. The van der Waals surface area contributed by atoms with Crippen molar-refractivity contribution in [1.82, 2.24) is 8.87 Å². The zero-order valence-corrected chi connectivity index (χ0v) is 23.3. The molecule has 0 aliphatic carbocycles. The first kappa shape index (κ1) is 27.8. The number of ether oxygens (including phenoxy) is 3. The fraction of sp³-hybridized carbons (Fsp3) is 0.423. The fourth-order valence-electron chi connectivity index (χ4n) is 4.07. The van der Waals surface area contributed by atoms with Gasteiger partial charge in [0.05, 0.1) is 28.6 Å². The number of hydrogen-bond donors (Lipinski definition) is 0. The molecular formula is C26H31N3O7S2. The first-order valence-corrected chi connectivity index (χ1v) is 14.7. The lowest BCUT2D eigenvalue weighted by molar-refractivity contribution is -0.140. The van der Waals surface area contributed by atoms with E-state index in [1.165, 1.54) is 47.0 Å². The number of fused-ring (bicyclic) bond motifs is 2. The Morgan fingerprint density at radius 2 is 1.79 bits per heavy atom. The number of methoxy groups -OCH3 is 1. The number of sulfonamides is 1. The van der Waals surface area contributed by atoms with E-state index in [0.717, 1.165) is 23.1 Å². The number of nitrogens with zero attached hydrogens (tertiary/aromatic N) is 3. The smallest absolute Gasteiger partial charge is 0.307 e. The minimum Gasteiger partial charge on any atom is -0.486 e. The van der Waals surface area contributed by atoms with E-state index in [-0.39, 0.29) is 29.4 Å². The molecule has 1 amide bonds. The second kappa shape index (κ2) is 12.1. The highest BCUT2D eigenvalue weighted by atomic mass is 32.2. The summed E-state index contributed by atoms with van der Waals surface area (Å²) in [5.74, 6) is 0.286. The second-order valence-corrected chi connectivity index (χ2v) is 11.6. The third kappa shape index (κ3) is 5.92. The van der Waals surface area contributed by atoms with Crippen molar-refractivity contribution >= 4 is 43.5 Å². The van der Waals surface area contributed by atoms with Gasteiger partial charge in [-0.15, -0.1) is 0 Å². The molecule has 0 unspecified atom stereocenters. The predicted molar refractivity (Wildman–Crippen MR) is 143 cm³/mol. The van der Waals surface area contributed by atoms with Crippen LogP contribution in [0.15, 0.2) is 46.3 Å². The lowest BCUT2D eigenvalue weighted by Gasteiger charge is -2.20. The standard InChI is InChI=1S/C26H31N3O7S2/c1-4-6-12-28(5-2)38(32,33)19-9-7-18(8-10-19)25(31)27-26-29(13-11-24(30)34-3)20-16-21-22(17-23(20)37-26)36-15-14-35-21/h7-10,16-17H,4-6,11-15H2,1-3H3. The van der Waals surface area contributed by atoms with Crippen molar-refractivity contribution < 1.29 is 32.2 Å². The monoisotopic (exact) mass is 561 g/mol. The molecule has 1 aliphatic rings. The molecule has 10 nitrogen and oxygen atoms in total. The van der Waals surface area contributed by atoms with Gasteiger partial charge in [0.2, 0.25) is 10.0 Å². The highest BCUT2D eigenvalue weighted by Gasteiger charge is 2.23. The first-order chi connectivity index (χ1) is 18.3. The van der Waals surface area contributed by atoms with Crippen LogP contribution in [0.25, 0.3) is 10.2 Å². The Hall–Kier alpha value is -3.22. The number of hydrogen-bond acceptors (Lipinski definition) is 8. The molecule has 3 aromatic rings. The highest BCUT2D eigenvalue weighted by Crippen LogP contribution is 2.35. The van der Waals surface area contributed by atoms with Gasteiger partial charge in [0.25, 0.3) is 5.91 Å². The van der Waals surface area contributed by atoms with Crippen molar-refractivity contribution in [2.24, 2.45) is 4.99 Å². The normalized spacial score (nSPS) is 13.7. The molecule has 4 rings (SSSR count). The van der Waals surface area contributed by atoms with Crippen molar-refractivity contribution in [3.8, 4) is 11.5 Å². The number of amides is 1. The van der Waals surface area contributed by atoms with Crippen LogP contribution in [0, 0.1) is 0 Å². The van der Waals surface area contributed by atoms with Gasteiger partial charge in [-0.05, 0) is 30.7 Å². The molecule has 12 heteroatoms. The van der Waals surface area contributed by atoms with Crippen LogP contribution in [0.2, 0.25) is 0 Å². The number of thiazole rings is 1. The number of unbranched alkanes of at least 4 members (excludes halogenated alkanes) is 1. The van der Waals surface area contributed by atoms with Gasteiger partial charge >= 0.3 is 5.97 Å². The van der Waals surface area contributed by atoms with Crippen molar-refractivity contribution in [3.05, 3.63) is 46.8 Å². The van der Waals surface area contributed by atoms with Crippen LogP contribution < -0.4 is 14.3 Å². The van der Waals surface area contributed by atoms with Crippen molar-refractivity contribution in [1.29, 1.82) is 0 Å². The summed E-state index contributed by atoms with van der Waals surface area (Å²) in [6.07, 6.45) is 1.76. The lowest BCUT2D eigenvalue weighted by Crippen LogP contribution is -2.31. The van der Waals surface area contributed by atoms with E-state index in [1.54, 1.807) is 11.5 Å². The summed E-state index contributed by atoms with van der Waals surface area (Å²) in [7, 11) is -2.33. The Morgan fingerprint density at radius 3 is 2.42 bits per heavy atom. The van der Waals surface area contributed by atoms with Crippen molar-refractivity contribution in [2.75, 3.05) is 33.4 Å². The average Bonchev–Trinajstić information content (AvgIpc) is 3.25. The largest absolute Gasteiger partial charge is 0.486 e. The van der Waals surface area contributed by atoms with Crippen LogP contribution in [0.4, 0.5) is 0 Å². The summed E-state index contributed by atoms with van der Waals surface area (Å²) in [6, 6.07) is 9.47. The SMILES string of the molecule is CCCCN(CC)S(=O)(=O)c1ccc(C(=O)N=c2sc3cc4c(cc3n2CCC(=O)OC)OCCO4)cc1. The molecule has 0 saturated carbocycles. The zero-order valence-electron chi connectivity index (χ0n) is 21.6.